The minimum absolute atomic E-state index is 0.000605. The Kier molecular flexibility index (Phi) is 4.07. The van der Waals surface area contributed by atoms with Crippen molar-refractivity contribution in [2.24, 2.45) is 4.99 Å². The van der Waals surface area contributed by atoms with Crippen molar-refractivity contribution in [1.29, 1.82) is 0 Å². The van der Waals surface area contributed by atoms with E-state index in [1.54, 1.807) is 7.11 Å². The van der Waals surface area contributed by atoms with Crippen molar-refractivity contribution in [1.82, 2.24) is 5.32 Å². The number of hydrogen-bond acceptors (Lipinski definition) is 3. The number of carbonyl (C=O) groups is 1. The van der Waals surface area contributed by atoms with E-state index in [1.807, 2.05) is 6.92 Å². The average Bonchev–Trinajstić information content (AvgIpc) is 2.56. The van der Waals surface area contributed by atoms with Crippen LogP contribution in [0.1, 0.15) is 33.1 Å². The molecule has 1 amide bonds. The van der Waals surface area contributed by atoms with Crippen LogP contribution in [0, 0.1) is 0 Å². The second-order valence-corrected chi connectivity index (χ2v) is 3.44. The van der Waals surface area contributed by atoms with Crippen LogP contribution in [0.25, 0.3) is 0 Å². The van der Waals surface area contributed by atoms with Crippen molar-refractivity contribution in [2.75, 3.05) is 7.11 Å². The van der Waals surface area contributed by atoms with Gasteiger partial charge in [-0.05, 0) is 12.8 Å². The van der Waals surface area contributed by atoms with E-state index in [-0.39, 0.29) is 18.1 Å². The summed E-state index contributed by atoms with van der Waals surface area (Å²) in [6.45, 7) is 4.04. The van der Waals surface area contributed by atoms with Crippen LogP contribution in [0.4, 0.5) is 0 Å². The molecule has 0 aliphatic carbocycles. The fourth-order valence-electron chi connectivity index (χ4n) is 1.54. The van der Waals surface area contributed by atoms with Gasteiger partial charge in [-0.3, -0.25) is 9.79 Å². The molecular weight excluding hydrogens is 180 g/mol. The molecule has 14 heavy (non-hydrogen) atoms. The molecule has 0 spiro atoms. The summed E-state index contributed by atoms with van der Waals surface area (Å²) in [5, 5.41) is 2.78. The van der Waals surface area contributed by atoms with Gasteiger partial charge in [-0.1, -0.05) is 20.3 Å². The van der Waals surface area contributed by atoms with Gasteiger partial charge >= 0.3 is 0 Å². The maximum Gasteiger partial charge on any atom is 0.250 e. The molecule has 1 rings (SSSR count). The summed E-state index contributed by atoms with van der Waals surface area (Å²) >= 11 is 0. The first kappa shape index (κ1) is 11.2. The van der Waals surface area contributed by atoms with E-state index < -0.39 is 0 Å². The van der Waals surface area contributed by atoms with Gasteiger partial charge in [0, 0.05) is 7.11 Å². The SMILES string of the molecule is CCCC(OC)C1=NC(CC)C(=O)N1. The fourth-order valence-corrected chi connectivity index (χ4v) is 1.54. The van der Waals surface area contributed by atoms with Gasteiger partial charge in [-0.2, -0.15) is 0 Å². The van der Waals surface area contributed by atoms with Crippen LogP contribution in [0.2, 0.25) is 0 Å². The van der Waals surface area contributed by atoms with Crippen molar-refractivity contribution in [3.8, 4) is 0 Å². The number of ether oxygens (including phenoxy) is 1. The van der Waals surface area contributed by atoms with E-state index in [0.29, 0.717) is 5.84 Å². The Hall–Kier alpha value is -0.900. The Morgan fingerprint density at radius 2 is 2.29 bits per heavy atom. The number of amides is 1. The van der Waals surface area contributed by atoms with Gasteiger partial charge in [0.05, 0.1) is 0 Å². The van der Waals surface area contributed by atoms with E-state index in [2.05, 4.69) is 17.2 Å². The highest BCUT2D eigenvalue weighted by atomic mass is 16.5. The smallest absolute Gasteiger partial charge is 0.250 e. The van der Waals surface area contributed by atoms with Gasteiger partial charge in [0.2, 0.25) is 5.91 Å². The quantitative estimate of drug-likeness (QED) is 0.719. The molecule has 1 aliphatic rings. The molecule has 1 heterocycles. The standard InChI is InChI=1S/C10H18N2O2/c1-4-6-8(14-3)9-11-7(5-2)10(13)12-9/h7-8H,4-6H2,1-3H3,(H,11,12,13). The van der Waals surface area contributed by atoms with E-state index in [4.69, 9.17) is 4.74 Å². The van der Waals surface area contributed by atoms with Crippen molar-refractivity contribution in [3.05, 3.63) is 0 Å². The summed E-state index contributed by atoms with van der Waals surface area (Å²) in [5.74, 6) is 0.701. The van der Waals surface area contributed by atoms with E-state index in [9.17, 15) is 4.79 Å². The molecule has 4 nitrogen and oxygen atoms in total. The third-order valence-electron chi connectivity index (χ3n) is 2.38. The molecule has 80 valence electrons. The van der Waals surface area contributed by atoms with E-state index in [0.717, 1.165) is 19.3 Å². The van der Waals surface area contributed by atoms with Crippen LogP contribution >= 0.6 is 0 Å². The first-order chi connectivity index (χ1) is 6.72. The third-order valence-corrected chi connectivity index (χ3v) is 2.38. The fraction of sp³-hybridized carbons (Fsp3) is 0.800. The van der Waals surface area contributed by atoms with Gasteiger partial charge in [0.15, 0.2) is 0 Å². The lowest BCUT2D eigenvalue weighted by atomic mass is 10.2. The van der Waals surface area contributed by atoms with Crippen LogP contribution in [-0.2, 0) is 9.53 Å². The summed E-state index contributed by atoms with van der Waals surface area (Å²) < 4.78 is 5.27. The van der Waals surface area contributed by atoms with Gasteiger partial charge in [-0.15, -0.1) is 0 Å². The first-order valence-electron chi connectivity index (χ1n) is 5.14. The molecule has 2 atom stereocenters. The summed E-state index contributed by atoms with van der Waals surface area (Å²) in [4.78, 5) is 15.7. The average molecular weight is 198 g/mol. The number of rotatable bonds is 5. The number of aliphatic imine (C=N–C) groups is 1. The van der Waals surface area contributed by atoms with Crippen molar-refractivity contribution < 1.29 is 9.53 Å². The molecule has 0 saturated carbocycles. The lowest BCUT2D eigenvalue weighted by molar-refractivity contribution is -0.120. The molecular formula is C10H18N2O2. The maximum absolute atomic E-state index is 11.4. The van der Waals surface area contributed by atoms with Gasteiger partial charge < -0.3 is 10.1 Å². The Morgan fingerprint density at radius 3 is 2.71 bits per heavy atom. The minimum atomic E-state index is -0.209. The predicted molar refractivity (Wildman–Crippen MR) is 55.4 cm³/mol. The molecule has 4 heteroatoms. The van der Waals surface area contributed by atoms with Crippen molar-refractivity contribution >= 4 is 11.7 Å². The predicted octanol–water partition coefficient (Wildman–Crippen LogP) is 1.11. The third kappa shape index (κ3) is 2.32. The normalized spacial score (nSPS) is 23.2. The number of hydrogen-bond donors (Lipinski definition) is 1. The summed E-state index contributed by atoms with van der Waals surface area (Å²) in [5.41, 5.74) is 0. The van der Waals surface area contributed by atoms with E-state index in [1.165, 1.54) is 0 Å². The van der Waals surface area contributed by atoms with Crippen LogP contribution in [0.15, 0.2) is 4.99 Å². The topological polar surface area (TPSA) is 50.7 Å². The maximum atomic E-state index is 11.4. The zero-order valence-corrected chi connectivity index (χ0v) is 9.04. The molecule has 0 aromatic carbocycles. The van der Waals surface area contributed by atoms with E-state index >= 15 is 0 Å². The molecule has 0 saturated heterocycles. The van der Waals surface area contributed by atoms with Gasteiger partial charge in [0.1, 0.15) is 18.0 Å². The number of methoxy groups -OCH3 is 1. The molecule has 0 bridgehead atoms. The van der Waals surface area contributed by atoms with Crippen LogP contribution < -0.4 is 5.32 Å². The Bertz CT molecular complexity index is 238. The molecule has 0 fully saturated rings. The monoisotopic (exact) mass is 198 g/mol. The number of nitrogens with zero attached hydrogens (tertiary/aromatic N) is 1. The molecule has 2 unspecified atom stereocenters. The second kappa shape index (κ2) is 5.10. The van der Waals surface area contributed by atoms with Crippen molar-refractivity contribution in [3.63, 3.8) is 0 Å². The molecule has 0 aromatic heterocycles. The molecule has 0 aromatic rings. The van der Waals surface area contributed by atoms with Gasteiger partial charge in [0.25, 0.3) is 0 Å². The Labute approximate surface area is 84.7 Å². The molecule has 1 N–H and O–H groups in total. The minimum Gasteiger partial charge on any atom is -0.374 e. The zero-order chi connectivity index (χ0) is 10.6. The van der Waals surface area contributed by atoms with Crippen molar-refractivity contribution in [2.45, 2.75) is 45.3 Å². The lowest BCUT2D eigenvalue weighted by Crippen LogP contribution is -2.36. The number of carbonyl (C=O) groups excluding carboxylic acids is 1. The number of nitrogens with one attached hydrogen (secondary N) is 1. The highest BCUT2D eigenvalue weighted by molar-refractivity contribution is 6.07. The molecule has 0 radical (unpaired) electrons. The second-order valence-electron chi connectivity index (χ2n) is 3.44. The molecule has 1 aliphatic heterocycles. The zero-order valence-electron chi connectivity index (χ0n) is 9.04. The van der Waals surface area contributed by atoms with Crippen LogP contribution in [0.5, 0.6) is 0 Å². The summed E-state index contributed by atoms with van der Waals surface area (Å²) in [7, 11) is 1.65. The highest BCUT2D eigenvalue weighted by Gasteiger charge is 2.28. The first-order valence-corrected chi connectivity index (χ1v) is 5.14. The summed E-state index contributed by atoms with van der Waals surface area (Å²) in [6.07, 6.45) is 2.61. The lowest BCUT2D eigenvalue weighted by Gasteiger charge is -2.13. The van der Waals surface area contributed by atoms with Crippen LogP contribution in [0.3, 0.4) is 0 Å². The summed E-state index contributed by atoms with van der Waals surface area (Å²) in [6, 6.07) is -0.209. The van der Waals surface area contributed by atoms with Crippen LogP contribution in [-0.4, -0.2) is 31.0 Å². The largest absolute Gasteiger partial charge is 0.374 e. The highest BCUT2D eigenvalue weighted by Crippen LogP contribution is 2.11. The Balaban J connectivity index is 2.64. The number of amidine groups is 1. The van der Waals surface area contributed by atoms with Gasteiger partial charge in [-0.25, -0.2) is 0 Å². The Morgan fingerprint density at radius 1 is 1.57 bits per heavy atom.